The van der Waals surface area contributed by atoms with Gasteiger partial charge >= 0.3 is 0 Å². The van der Waals surface area contributed by atoms with Crippen LogP contribution >= 0.6 is 11.3 Å². The summed E-state index contributed by atoms with van der Waals surface area (Å²) in [6.07, 6.45) is 0. The molecule has 1 aromatic heterocycles. The molecule has 1 aliphatic rings. The second-order valence-corrected chi connectivity index (χ2v) is 7.43. The summed E-state index contributed by atoms with van der Waals surface area (Å²) in [5.41, 5.74) is 2.25. The molecule has 0 unspecified atom stereocenters. The molecule has 25 heavy (non-hydrogen) atoms. The average molecular weight is 359 g/mol. The van der Waals surface area contributed by atoms with Gasteiger partial charge in [0.05, 0.1) is 17.2 Å². The molecule has 1 saturated heterocycles. The van der Waals surface area contributed by atoms with Crippen molar-refractivity contribution in [1.82, 2.24) is 14.8 Å². The number of likely N-dealkylation sites (N-methyl/N-ethyl adjacent to an activating group) is 1. The molecule has 5 nitrogen and oxygen atoms in total. The minimum Gasteiger partial charge on any atom is -0.362 e. The van der Waals surface area contributed by atoms with E-state index in [4.69, 9.17) is 0 Å². The van der Waals surface area contributed by atoms with Crippen LogP contribution in [0.15, 0.2) is 35.7 Å². The van der Waals surface area contributed by atoms with Gasteiger partial charge in [-0.2, -0.15) is 0 Å². The van der Waals surface area contributed by atoms with E-state index in [1.807, 2.05) is 30.0 Å². The van der Waals surface area contributed by atoms with E-state index < -0.39 is 0 Å². The van der Waals surface area contributed by atoms with Crippen LogP contribution in [0.25, 0.3) is 0 Å². The van der Waals surface area contributed by atoms with Crippen LogP contribution in [-0.4, -0.2) is 60.0 Å². The van der Waals surface area contributed by atoms with Gasteiger partial charge in [-0.15, -0.1) is 11.3 Å². The monoisotopic (exact) mass is 358 g/mol. The average Bonchev–Trinajstić information content (AvgIpc) is 3.05. The first-order valence-electron chi connectivity index (χ1n) is 8.87. The molecule has 0 saturated carbocycles. The van der Waals surface area contributed by atoms with Crippen LogP contribution in [-0.2, 0) is 11.3 Å². The van der Waals surface area contributed by atoms with Crippen molar-refractivity contribution in [3.63, 3.8) is 0 Å². The van der Waals surface area contributed by atoms with Gasteiger partial charge in [0.25, 0.3) is 0 Å². The van der Waals surface area contributed by atoms with Crippen LogP contribution in [0.1, 0.15) is 17.6 Å². The molecule has 134 valence electrons. The molecule has 0 atom stereocenters. The Balaban J connectivity index is 1.49. The van der Waals surface area contributed by atoms with Crippen LogP contribution in [0.5, 0.6) is 0 Å². The smallest absolute Gasteiger partial charge is 0.242 e. The summed E-state index contributed by atoms with van der Waals surface area (Å²) in [4.78, 5) is 23.7. The van der Waals surface area contributed by atoms with Crippen LogP contribution in [0.4, 0.5) is 5.69 Å². The topological polar surface area (TPSA) is 39.7 Å². The van der Waals surface area contributed by atoms with Crippen molar-refractivity contribution in [1.29, 1.82) is 0 Å². The third kappa shape index (κ3) is 4.80. The third-order valence-corrected chi connectivity index (χ3v) is 5.43. The summed E-state index contributed by atoms with van der Waals surface area (Å²) >= 11 is 1.70. The fraction of sp³-hybridized carbons (Fsp3) is 0.474. The van der Waals surface area contributed by atoms with Gasteiger partial charge in [0.15, 0.2) is 0 Å². The number of thiazole rings is 1. The second-order valence-electron chi connectivity index (χ2n) is 6.36. The summed E-state index contributed by atoms with van der Waals surface area (Å²) in [6, 6.07) is 10.2. The van der Waals surface area contributed by atoms with Crippen molar-refractivity contribution in [2.75, 3.05) is 44.2 Å². The summed E-state index contributed by atoms with van der Waals surface area (Å²) in [6.45, 7) is 9.73. The number of hydrogen-bond acceptors (Lipinski definition) is 5. The van der Waals surface area contributed by atoms with Crippen LogP contribution in [0.3, 0.4) is 0 Å². The summed E-state index contributed by atoms with van der Waals surface area (Å²) < 4.78 is 0. The Kier molecular flexibility index (Phi) is 6.04. The molecule has 0 N–H and O–H groups in total. The highest BCUT2D eigenvalue weighted by Gasteiger charge is 2.23. The Hall–Kier alpha value is -1.92. The molecule has 3 rings (SSSR count). The highest BCUT2D eigenvalue weighted by Crippen LogP contribution is 2.15. The minimum absolute atomic E-state index is 0.217. The van der Waals surface area contributed by atoms with E-state index in [2.05, 4.69) is 39.2 Å². The van der Waals surface area contributed by atoms with Crippen molar-refractivity contribution < 1.29 is 4.79 Å². The number of carbonyl (C=O) groups is 1. The molecule has 1 aromatic carbocycles. The van der Waals surface area contributed by atoms with E-state index in [9.17, 15) is 4.79 Å². The molecule has 2 aromatic rings. The quantitative estimate of drug-likeness (QED) is 0.796. The van der Waals surface area contributed by atoms with Gasteiger partial charge in [-0.25, -0.2) is 4.98 Å². The van der Waals surface area contributed by atoms with Gasteiger partial charge in [0.1, 0.15) is 0 Å². The van der Waals surface area contributed by atoms with Crippen molar-refractivity contribution in [3.8, 4) is 0 Å². The first-order chi connectivity index (χ1) is 12.2. The van der Waals surface area contributed by atoms with Crippen LogP contribution in [0, 0.1) is 6.92 Å². The lowest BCUT2D eigenvalue weighted by molar-refractivity contribution is -0.131. The Morgan fingerprint density at radius 3 is 2.52 bits per heavy atom. The van der Waals surface area contributed by atoms with Crippen molar-refractivity contribution >= 4 is 22.9 Å². The minimum atomic E-state index is 0.217. The Labute approximate surface area is 153 Å². The number of anilines is 1. The van der Waals surface area contributed by atoms with E-state index >= 15 is 0 Å². The summed E-state index contributed by atoms with van der Waals surface area (Å²) in [5, 5.41) is 3.25. The van der Waals surface area contributed by atoms with Crippen LogP contribution < -0.4 is 4.90 Å². The molecular formula is C19H26N4OS. The van der Waals surface area contributed by atoms with Crippen molar-refractivity contribution in [3.05, 3.63) is 46.4 Å². The number of nitrogens with zero attached hydrogens (tertiary/aromatic N) is 4. The molecule has 0 spiro atoms. The molecule has 1 fully saturated rings. The summed E-state index contributed by atoms with van der Waals surface area (Å²) in [5.74, 6) is 0.217. The lowest BCUT2D eigenvalue weighted by atomic mass is 10.2. The molecular weight excluding hydrogens is 332 g/mol. The molecule has 0 aliphatic carbocycles. The van der Waals surface area contributed by atoms with Gasteiger partial charge in [-0.1, -0.05) is 18.2 Å². The maximum absolute atomic E-state index is 12.7. The fourth-order valence-corrected chi connectivity index (χ4v) is 3.76. The van der Waals surface area contributed by atoms with Crippen molar-refractivity contribution in [2.24, 2.45) is 0 Å². The number of piperazine rings is 1. The third-order valence-electron chi connectivity index (χ3n) is 4.61. The number of aromatic nitrogens is 1. The van der Waals surface area contributed by atoms with Crippen LogP contribution in [0.2, 0.25) is 0 Å². The number of para-hydroxylation sites is 1. The van der Waals surface area contributed by atoms with Gasteiger partial charge < -0.3 is 9.80 Å². The second kappa shape index (κ2) is 8.45. The van der Waals surface area contributed by atoms with E-state index in [1.54, 1.807) is 11.3 Å². The molecule has 0 bridgehead atoms. The SMILES string of the molecule is CCN(CC(=O)N1CCN(Cc2csc(C)n2)CC1)c1ccccc1. The zero-order valence-electron chi connectivity index (χ0n) is 15.0. The number of amides is 1. The molecule has 1 aliphatic heterocycles. The lowest BCUT2D eigenvalue weighted by Gasteiger charge is -2.35. The highest BCUT2D eigenvalue weighted by molar-refractivity contribution is 7.09. The van der Waals surface area contributed by atoms with Crippen molar-refractivity contribution in [2.45, 2.75) is 20.4 Å². The molecule has 6 heteroatoms. The predicted octanol–water partition coefficient (Wildman–Crippen LogP) is 2.62. The maximum Gasteiger partial charge on any atom is 0.242 e. The zero-order valence-corrected chi connectivity index (χ0v) is 15.8. The van der Waals surface area contributed by atoms with E-state index in [0.717, 1.165) is 55.7 Å². The zero-order chi connectivity index (χ0) is 17.6. The van der Waals surface area contributed by atoms with Gasteiger partial charge in [0, 0.05) is 50.3 Å². The number of benzene rings is 1. The maximum atomic E-state index is 12.7. The Bertz CT molecular complexity index is 680. The molecule has 0 radical (unpaired) electrons. The first kappa shape index (κ1) is 17.9. The lowest BCUT2D eigenvalue weighted by Crippen LogP contribution is -2.51. The number of carbonyl (C=O) groups excluding carboxylic acids is 1. The largest absolute Gasteiger partial charge is 0.362 e. The first-order valence-corrected chi connectivity index (χ1v) is 9.75. The standard InChI is InChI=1S/C19H26N4OS/c1-3-22(18-7-5-4-6-8-18)14-19(24)23-11-9-21(10-12-23)13-17-15-25-16(2)20-17/h4-8,15H,3,9-14H2,1-2H3. The van der Waals surface area contributed by atoms with E-state index in [-0.39, 0.29) is 5.91 Å². The van der Waals surface area contributed by atoms with E-state index in [1.165, 1.54) is 0 Å². The number of rotatable bonds is 6. The summed E-state index contributed by atoms with van der Waals surface area (Å²) in [7, 11) is 0. The Morgan fingerprint density at radius 2 is 1.92 bits per heavy atom. The predicted molar refractivity (Wildman–Crippen MR) is 103 cm³/mol. The molecule has 1 amide bonds. The fourth-order valence-electron chi connectivity index (χ4n) is 3.15. The number of aryl methyl sites for hydroxylation is 1. The normalized spacial score (nSPS) is 15.4. The van der Waals surface area contributed by atoms with Gasteiger partial charge in [0.2, 0.25) is 5.91 Å². The highest BCUT2D eigenvalue weighted by atomic mass is 32.1. The van der Waals surface area contributed by atoms with E-state index in [0.29, 0.717) is 6.54 Å². The Morgan fingerprint density at radius 1 is 1.20 bits per heavy atom. The van der Waals surface area contributed by atoms with Gasteiger partial charge in [-0.05, 0) is 26.0 Å². The number of hydrogen-bond donors (Lipinski definition) is 0. The molecule has 2 heterocycles. The van der Waals surface area contributed by atoms with Gasteiger partial charge in [-0.3, -0.25) is 9.69 Å².